The molecule has 0 spiro atoms. The lowest BCUT2D eigenvalue weighted by molar-refractivity contribution is -0.123. The molecule has 122 valence electrons. The molecule has 1 heterocycles. The van der Waals surface area contributed by atoms with Crippen LogP contribution < -0.4 is 5.32 Å². The highest BCUT2D eigenvalue weighted by atomic mass is 32.2. The summed E-state index contributed by atoms with van der Waals surface area (Å²) >= 11 is 0. The summed E-state index contributed by atoms with van der Waals surface area (Å²) in [5, 5.41) is 2.88. The number of benzene rings is 1. The molecule has 1 aromatic carbocycles. The van der Waals surface area contributed by atoms with Crippen molar-refractivity contribution in [2.75, 3.05) is 25.1 Å². The summed E-state index contributed by atoms with van der Waals surface area (Å²) in [7, 11) is -1.13. The lowest BCUT2D eigenvalue weighted by atomic mass is 10.0. The highest BCUT2D eigenvalue weighted by molar-refractivity contribution is 7.91. The molecule has 22 heavy (non-hydrogen) atoms. The van der Waals surface area contributed by atoms with Gasteiger partial charge in [0.15, 0.2) is 9.84 Å². The molecule has 0 bridgehead atoms. The number of amides is 1. The summed E-state index contributed by atoms with van der Waals surface area (Å²) in [6.45, 7) is 4.78. The fourth-order valence-corrected chi connectivity index (χ4v) is 4.88. The fraction of sp³-hybridized carbons (Fsp3) is 0.562. The molecule has 1 fully saturated rings. The zero-order chi connectivity index (χ0) is 16.4. The first kappa shape index (κ1) is 17.0. The lowest BCUT2D eigenvalue weighted by Crippen LogP contribution is -2.49. The Bertz CT molecular complexity index is 640. The predicted octanol–water partition coefficient (Wildman–Crippen LogP) is 1.12. The van der Waals surface area contributed by atoms with Crippen LogP contribution >= 0.6 is 0 Å². The Morgan fingerprint density at radius 1 is 1.32 bits per heavy atom. The van der Waals surface area contributed by atoms with Crippen LogP contribution in [0.1, 0.15) is 24.5 Å². The maximum absolute atomic E-state index is 12.1. The summed E-state index contributed by atoms with van der Waals surface area (Å²) in [6.07, 6.45) is 0.489. The Hall–Kier alpha value is -1.40. The molecular formula is C16H24N2O3S. The van der Waals surface area contributed by atoms with Crippen molar-refractivity contribution in [2.45, 2.75) is 32.4 Å². The third-order valence-electron chi connectivity index (χ3n) is 3.93. The van der Waals surface area contributed by atoms with Crippen molar-refractivity contribution in [3.63, 3.8) is 0 Å². The number of likely N-dealkylation sites (N-methyl/N-ethyl adjacent to an activating group) is 1. The van der Waals surface area contributed by atoms with Crippen LogP contribution in [0.2, 0.25) is 0 Å². The van der Waals surface area contributed by atoms with Crippen molar-refractivity contribution in [1.29, 1.82) is 0 Å². The quantitative estimate of drug-likeness (QED) is 0.881. The first-order valence-corrected chi connectivity index (χ1v) is 9.25. The summed E-state index contributed by atoms with van der Waals surface area (Å²) in [5.74, 6) is 0.0605. The molecule has 2 rings (SSSR count). The van der Waals surface area contributed by atoms with Crippen molar-refractivity contribution in [1.82, 2.24) is 10.2 Å². The number of nitrogens with zero attached hydrogens (tertiary/aromatic N) is 1. The lowest BCUT2D eigenvalue weighted by Gasteiger charge is -2.25. The van der Waals surface area contributed by atoms with Crippen molar-refractivity contribution >= 4 is 15.7 Å². The summed E-state index contributed by atoms with van der Waals surface area (Å²) in [6, 6.07) is 8.20. The third-order valence-corrected chi connectivity index (χ3v) is 5.83. The Labute approximate surface area is 132 Å². The molecule has 5 nitrogen and oxygen atoms in total. The van der Waals surface area contributed by atoms with Gasteiger partial charge in [0.1, 0.15) is 0 Å². The van der Waals surface area contributed by atoms with Crippen LogP contribution in [0.4, 0.5) is 0 Å². The van der Waals surface area contributed by atoms with E-state index in [1.165, 1.54) is 5.56 Å². The van der Waals surface area contributed by atoms with E-state index in [1.807, 2.05) is 31.0 Å². The van der Waals surface area contributed by atoms with E-state index in [0.717, 1.165) is 5.56 Å². The molecule has 1 aromatic rings. The van der Waals surface area contributed by atoms with Gasteiger partial charge >= 0.3 is 0 Å². The van der Waals surface area contributed by atoms with Gasteiger partial charge in [0.05, 0.1) is 23.6 Å². The van der Waals surface area contributed by atoms with Gasteiger partial charge in [-0.2, -0.15) is 0 Å². The van der Waals surface area contributed by atoms with Gasteiger partial charge in [0.2, 0.25) is 5.91 Å². The van der Waals surface area contributed by atoms with Crippen LogP contribution in [0.3, 0.4) is 0 Å². The van der Waals surface area contributed by atoms with E-state index < -0.39 is 15.4 Å². The van der Waals surface area contributed by atoms with E-state index in [0.29, 0.717) is 13.0 Å². The Balaban J connectivity index is 1.85. The second kappa shape index (κ2) is 6.38. The van der Waals surface area contributed by atoms with E-state index in [4.69, 9.17) is 0 Å². The molecule has 0 aromatic heterocycles. The number of hydrogen-bond acceptors (Lipinski definition) is 4. The number of rotatable bonds is 5. The minimum Gasteiger partial charge on any atom is -0.349 e. The molecule has 1 aliphatic heterocycles. The molecule has 1 N–H and O–H groups in total. The standard InChI is InChI=1S/C16H24N2O3S/c1-13-4-6-14(7-5-13)10-18(3)11-15(19)17-16(2)8-9-22(20,21)12-16/h4-7H,8-12H2,1-3H3,(H,17,19)/t16-/m1/s1. The first-order chi connectivity index (χ1) is 10.2. The van der Waals surface area contributed by atoms with Gasteiger partial charge in [-0.3, -0.25) is 9.69 Å². The number of carbonyl (C=O) groups excluding carboxylic acids is 1. The topological polar surface area (TPSA) is 66.5 Å². The van der Waals surface area contributed by atoms with Crippen LogP contribution in [-0.4, -0.2) is 49.9 Å². The van der Waals surface area contributed by atoms with E-state index in [-0.39, 0.29) is 24.0 Å². The second-order valence-electron chi connectivity index (χ2n) is 6.61. The van der Waals surface area contributed by atoms with Gasteiger partial charge in [-0.15, -0.1) is 0 Å². The number of carbonyl (C=O) groups is 1. The summed E-state index contributed by atoms with van der Waals surface area (Å²) < 4.78 is 23.1. The first-order valence-electron chi connectivity index (χ1n) is 7.43. The zero-order valence-corrected chi connectivity index (χ0v) is 14.2. The number of aryl methyl sites for hydroxylation is 1. The zero-order valence-electron chi connectivity index (χ0n) is 13.4. The van der Waals surface area contributed by atoms with Crippen molar-refractivity contribution in [3.8, 4) is 0 Å². The maximum atomic E-state index is 12.1. The molecule has 1 saturated heterocycles. The average Bonchev–Trinajstić information content (AvgIpc) is 2.65. The number of sulfone groups is 1. The van der Waals surface area contributed by atoms with Crippen LogP contribution in [-0.2, 0) is 21.2 Å². The van der Waals surface area contributed by atoms with E-state index >= 15 is 0 Å². The van der Waals surface area contributed by atoms with Gasteiger partial charge in [0, 0.05) is 6.54 Å². The molecule has 0 saturated carbocycles. The molecule has 1 atom stereocenters. The normalized spacial score (nSPS) is 23.6. The maximum Gasteiger partial charge on any atom is 0.234 e. The summed E-state index contributed by atoms with van der Waals surface area (Å²) in [5.41, 5.74) is 1.73. The van der Waals surface area contributed by atoms with Crippen LogP contribution in [0.25, 0.3) is 0 Å². The highest BCUT2D eigenvalue weighted by Crippen LogP contribution is 2.22. The Kier molecular flexibility index (Phi) is 4.92. The molecule has 0 aliphatic carbocycles. The number of hydrogen-bond donors (Lipinski definition) is 1. The molecular weight excluding hydrogens is 300 g/mol. The van der Waals surface area contributed by atoms with E-state index in [9.17, 15) is 13.2 Å². The minimum absolute atomic E-state index is 0.0351. The monoisotopic (exact) mass is 324 g/mol. The second-order valence-corrected chi connectivity index (χ2v) is 8.79. The molecule has 0 unspecified atom stereocenters. The van der Waals surface area contributed by atoms with E-state index in [2.05, 4.69) is 17.4 Å². The Morgan fingerprint density at radius 3 is 2.50 bits per heavy atom. The molecule has 0 radical (unpaired) electrons. The van der Waals surface area contributed by atoms with Crippen LogP contribution in [0.15, 0.2) is 24.3 Å². The van der Waals surface area contributed by atoms with Gasteiger partial charge in [-0.05, 0) is 32.9 Å². The third kappa shape index (κ3) is 4.81. The fourth-order valence-electron chi connectivity index (χ4n) is 2.79. The van der Waals surface area contributed by atoms with Gasteiger partial charge in [-0.25, -0.2) is 8.42 Å². The van der Waals surface area contributed by atoms with Gasteiger partial charge < -0.3 is 5.32 Å². The van der Waals surface area contributed by atoms with Crippen LogP contribution in [0.5, 0.6) is 0 Å². The molecule has 1 amide bonds. The van der Waals surface area contributed by atoms with Crippen molar-refractivity contribution in [3.05, 3.63) is 35.4 Å². The highest BCUT2D eigenvalue weighted by Gasteiger charge is 2.39. The van der Waals surface area contributed by atoms with Gasteiger partial charge in [0.25, 0.3) is 0 Å². The van der Waals surface area contributed by atoms with Crippen molar-refractivity contribution in [2.24, 2.45) is 0 Å². The van der Waals surface area contributed by atoms with Gasteiger partial charge in [-0.1, -0.05) is 29.8 Å². The minimum atomic E-state index is -3.01. The predicted molar refractivity (Wildman–Crippen MR) is 87.3 cm³/mol. The SMILES string of the molecule is Cc1ccc(CN(C)CC(=O)N[C@]2(C)CCS(=O)(=O)C2)cc1. The average molecular weight is 324 g/mol. The Morgan fingerprint density at radius 2 is 1.95 bits per heavy atom. The van der Waals surface area contributed by atoms with Crippen molar-refractivity contribution < 1.29 is 13.2 Å². The smallest absolute Gasteiger partial charge is 0.234 e. The van der Waals surface area contributed by atoms with E-state index in [1.54, 1.807) is 6.92 Å². The summed E-state index contributed by atoms with van der Waals surface area (Å²) in [4.78, 5) is 14.0. The molecule has 1 aliphatic rings. The van der Waals surface area contributed by atoms with Crippen LogP contribution in [0, 0.1) is 6.92 Å². The molecule has 6 heteroatoms. The largest absolute Gasteiger partial charge is 0.349 e. The number of nitrogens with one attached hydrogen (secondary N) is 1.